The first kappa shape index (κ1) is 10.4. The third-order valence-corrected chi connectivity index (χ3v) is 3.14. The number of nitrogens with two attached hydrogens (primary N) is 1. The molecule has 1 aliphatic heterocycles. The number of hydrogen-bond acceptors (Lipinski definition) is 3. The SMILES string of the molecule is NC1=NC(C(F)(F)F)Sc2ccccc21. The van der Waals surface area contributed by atoms with E-state index in [1.165, 1.54) is 0 Å². The first-order valence-corrected chi connectivity index (χ1v) is 5.02. The van der Waals surface area contributed by atoms with Gasteiger partial charge in [0.1, 0.15) is 5.84 Å². The fourth-order valence-electron chi connectivity index (χ4n) is 1.26. The Balaban J connectivity index is 2.41. The molecule has 1 aliphatic rings. The van der Waals surface area contributed by atoms with Gasteiger partial charge >= 0.3 is 6.18 Å². The molecule has 0 spiro atoms. The zero-order valence-electron chi connectivity index (χ0n) is 7.45. The van der Waals surface area contributed by atoms with Crippen LogP contribution < -0.4 is 5.73 Å². The summed E-state index contributed by atoms with van der Waals surface area (Å²) in [5.41, 5.74) is 6.04. The summed E-state index contributed by atoms with van der Waals surface area (Å²) < 4.78 is 37.3. The average molecular weight is 232 g/mol. The maximum Gasteiger partial charge on any atom is 0.420 e. The van der Waals surface area contributed by atoms with Gasteiger partial charge in [0.2, 0.25) is 0 Å². The van der Waals surface area contributed by atoms with E-state index in [1.54, 1.807) is 24.3 Å². The van der Waals surface area contributed by atoms with E-state index < -0.39 is 11.6 Å². The highest BCUT2D eigenvalue weighted by molar-refractivity contribution is 8.00. The van der Waals surface area contributed by atoms with Crippen molar-refractivity contribution in [2.24, 2.45) is 10.7 Å². The van der Waals surface area contributed by atoms with E-state index in [0.29, 0.717) is 22.2 Å². The molecule has 15 heavy (non-hydrogen) atoms. The first-order chi connectivity index (χ1) is 6.98. The van der Waals surface area contributed by atoms with E-state index in [-0.39, 0.29) is 5.84 Å². The van der Waals surface area contributed by atoms with Gasteiger partial charge in [-0.05, 0) is 6.07 Å². The fourth-order valence-corrected chi connectivity index (χ4v) is 2.26. The van der Waals surface area contributed by atoms with Crippen LogP contribution in [0.2, 0.25) is 0 Å². The maximum absolute atomic E-state index is 12.4. The van der Waals surface area contributed by atoms with Gasteiger partial charge in [-0.25, -0.2) is 4.99 Å². The number of nitrogens with zero attached hydrogens (tertiary/aromatic N) is 1. The maximum atomic E-state index is 12.4. The molecule has 1 aromatic carbocycles. The van der Waals surface area contributed by atoms with Gasteiger partial charge in [-0.2, -0.15) is 13.2 Å². The molecule has 0 aromatic heterocycles. The third-order valence-electron chi connectivity index (χ3n) is 1.94. The van der Waals surface area contributed by atoms with Crippen LogP contribution in [0.3, 0.4) is 0 Å². The number of halogens is 3. The van der Waals surface area contributed by atoms with Crippen LogP contribution in [0.4, 0.5) is 13.2 Å². The fraction of sp³-hybridized carbons (Fsp3) is 0.222. The van der Waals surface area contributed by atoms with Crippen molar-refractivity contribution in [2.45, 2.75) is 16.4 Å². The zero-order valence-corrected chi connectivity index (χ0v) is 8.27. The molecule has 1 aromatic rings. The second kappa shape index (κ2) is 3.44. The predicted molar refractivity (Wildman–Crippen MR) is 52.9 cm³/mol. The lowest BCUT2D eigenvalue weighted by Gasteiger charge is -2.22. The minimum absolute atomic E-state index is 0.0494. The molecule has 2 N–H and O–H groups in total. The minimum Gasteiger partial charge on any atom is -0.383 e. The number of aliphatic imine (C=N–C) groups is 1. The average Bonchev–Trinajstić information content (AvgIpc) is 2.16. The number of amidine groups is 1. The lowest BCUT2D eigenvalue weighted by Crippen LogP contribution is -2.30. The van der Waals surface area contributed by atoms with Gasteiger partial charge in [0, 0.05) is 10.5 Å². The Morgan fingerprint density at radius 3 is 2.60 bits per heavy atom. The second-order valence-corrected chi connectivity index (χ2v) is 4.14. The molecular weight excluding hydrogens is 225 g/mol. The van der Waals surface area contributed by atoms with Crippen molar-refractivity contribution in [3.8, 4) is 0 Å². The molecule has 2 nitrogen and oxygen atoms in total. The molecule has 80 valence electrons. The highest BCUT2D eigenvalue weighted by Crippen LogP contribution is 2.40. The predicted octanol–water partition coefficient (Wildman–Crippen LogP) is 2.39. The van der Waals surface area contributed by atoms with Crippen molar-refractivity contribution >= 4 is 17.6 Å². The van der Waals surface area contributed by atoms with Crippen LogP contribution in [-0.2, 0) is 0 Å². The Morgan fingerprint density at radius 1 is 1.27 bits per heavy atom. The Labute approximate surface area is 88.4 Å². The lowest BCUT2D eigenvalue weighted by molar-refractivity contribution is -0.127. The van der Waals surface area contributed by atoms with Crippen molar-refractivity contribution in [1.82, 2.24) is 0 Å². The summed E-state index contributed by atoms with van der Waals surface area (Å²) in [4.78, 5) is 3.95. The monoisotopic (exact) mass is 232 g/mol. The van der Waals surface area contributed by atoms with E-state index >= 15 is 0 Å². The van der Waals surface area contributed by atoms with E-state index in [0.717, 1.165) is 0 Å². The van der Waals surface area contributed by atoms with Crippen molar-refractivity contribution in [3.63, 3.8) is 0 Å². The van der Waals surface area contributed by atoms with E-state index in [9.17, 15) is 13.2 Å². The molecule has 0 radical (unpaired) electrons. The van der Waals surface area contributed by atoms with Crippen LogP contribution in [0.25, 0.3) is 0 Å². The molecule has 0 bridgehead atoms. The Hall–Kier alpha value is -1.17. The summed E-state index contributed by atoms with van der Waals surface area (Å²) in [7, 11) is 0. The van der Waals surface area contributed by atoms with Crippen LogP contribution >= 0.6 is 11.8 Å². The molecule has 6 heteroatoms. The standard InChI is InChI=1S/C9H7F3N2S/c10-9(11,12)8-14-7(13)5-3-1-2-4-6(5)15-8/h1-4,8H,(H2,13,14). The van der Waals surface area contributed by atoms with Crippen molar-refractivity contribution in [3.05, 3.63) is 29.8 Å². The quantitative estimate of drug-likeness (QED) is 0.745. The van der Waals surface area contributed by atoms with Crippen LogP contribution in [0, 0.1) is 0 Å². The zero-order chi connectivity index (χ0) is 11.1. The van der Waals surface area contributed by atoms with Gasteiger partial charge in [-0.3, -0.25) is 0 Å². The molecule has 1 atom stereocenters. The van der Waals surface area contributed by atoms with Gasteiger partial charge in [-0.15, -0.1) is 0 Å². The van der Waals surface area contributed by atoms with Gasteiger partial charge in [0.15, 0.2) is 5.37 Å². The normalized spacial score (nSPS) is 20.7. The van der Waals surface area contributed by atoms with E-state index in [1.807, 2.05) is 0 Å². The van der Waals surface area contributed by atoms with Crippen LogP contribution in [0.5, 0.6) is 0 Å². The van der Waals surface area contributed by atoms with E-state index in [4.69, 9.17) is 5.73 Å². The lowest BCUT2D eigenvalue weighted by atomic mass is 10.2. The Bertz CT molecular complexity index is 414. The Morgan fingerprint density at radius 2 is 1.93 bits per heavy atom. The number of alkyl halides is 3. The molecular formula is C9H7F3N2S. The topological polar surface area (TPSA) is 38.4 Å². The van der Waals surface area contributed by atoms with Crippen LogP contribution in [-0.4, -0.2) is 17.4 Å². The first-order valence-electron chi connectivity index (χ1n) is 4.14. The highest BCUT2D eigenvalue weighted by atomic mass is 32.2. The van der Waals surface area contributed by atoms with Crippen molar-refractivity contribution in [1.29, 1.82) is 0 Å². The molecule has 1 heterocycles. The van der Waals surface area contributed by atoms with Crippen molar-refractivity contribution < 1.29 is 13.2 Å². The highest BCUT2D eigenvalue weighted by Gasteiger charge is 2.42. The summed E-state index contributed by atoms with van der Waals surface area (Å²) in [6, 6.07) is 6.67. The largest absolute Gasteiger partial charge is 0.420 e. The number of rotatable bonds is 0. The van der Waals surface area contributed by atoms with Gasteiger partial charge in [-0.1, -0.05) is 30.0 Å². The molecule has 0 aliphatic carbocycles. The third kappa shape index (κ3) is 1.94. The minimum atomic E-state index is -4.36. The van der Waals surface area contributed by atoms with Gasteiger partial charge < -0.3 is 5.73 Å². The van der Waals surface area contributed by atoms with Crippen LogP contribution in [0.15, 0.2) is 34.2 Å². The molecule has 0 saturated carbocycles. The molecule has 1 unspecified atom stereocenters. The number of fused-ring (bicyclic) bond motifs is 1. The molecule has 0 fully saturated rings. The summed E-state index contributed by atoms with van der Waals surface area (Å²) in [6.45, 7) is 0. The molecule has 0 amide bonds. The molecule has 2 rings (SSSR count). The number of benzene rings is 1. The summed E-state index contributed by atoms with van der Waals surface area (Å²) in [5, 5.41) is -1.78. The Kier molecular flexibility index (Phi) is 2.38. The number of thioether (sulfide) groups is 1. The summed E-state index contributed by atoms with van der Waals surface area (Å²) >= 11 is 0.675. The van der Waals surface area contributed by atoms with Gasteiger partial charge in [0.25, 0.3) is 0 Å². The van der Waals surface area contributed by atoms with E-state index in [2.05, 4.69) is 4.99 Å². The molecule has 0 saturated heterocycles. The van der Waals surface area contributed by atoms with Crippen LogP contribution in [0.1, 0.15) is 5.56 Å². The van der Waals surface area contributed by atoms with Gasteiger partial charge in [0.05, 0.1) is 0 Å². The number of hydrogen-bond donors (Lipinski definition) is 1. The second-order valence-electron chi connectivity index (χ2n) is 3.02. The summed E-state index contributed by atoms with van der Waals surface area (Å²) in [6.07, 6.45) is -4.36. The van der Waals surface area contributed by atoms with Crippen molar-refractivity contribution in [2.75, 3.05) is 0 Å². The summed E-state index contributed by atoms with van der Waals surface area (Å²) in [5.74, 6) is -0.0494. The smallest absolute Gasteiger partial charge is 0.383 e.